The highest BCUT2D eigenvalue weighted by atomic mass is 35.5. The Morgan fingerprint density at radius 1 is 1.06 bits per heavy atom. The van der Waals surface area contributed by atoms with Gasteiger partial charge in [-0.1, -0.05) is 51.4 Å². The van der Waals surface area contributed by atoms with Crippen molar-refractivity contribution < 1.29 is 14.3 Å². The summed E-state index contributed by atoms with van der Waals surface area (Å²) in [5.41, 5.74) is 4.37. The largest absolute Gasteiger partial charge is 0.480 e. The normalized spacial score (nSPS) is 13.6. The Balaban J connectivity index is 2.43. The maximum absolute atomic E-state index is 14.6. The number of nitrogens with zero attached hydrogens (tertiary/aromatic N) is 2. The summed E-state index contributed by atoms with van der Waals surface area (Å²) in [6.07, 6.45) is 2.42. The summed E-state index contributed by atoms with van der Waals surface area (Å²) in [5.74, 6) is -1.07. The van der Waals surface area contributed by atoms with Crippen LogP contribution in [0.4, 0.5) is 4.39 Å². The third kappa shape index (κ3) is 7.05. The van der Waals surface area contributed by atoms with Gasteiger partial charge in [0.2, 0.25) is 0 Å². The van der Waals surface area contributed by atoms with E-state index in [9.17, 15) is 14.3 Å². The van der Waals surface area contributed by atoms with Crippen molar-refractivity contribution in [2.45, 2.75) is 78.8 Å². The van der Waals surface area contributed by atoms with E-state index in [0.29, 0.717) is 22.7 Å². The van der Waals surface area contributed by atoms with E-state index in [1.54, 1.807) is 13.0 Å². The summed E-state index contributed by atoms with van der Waals surface area (Å²) in [6.45, 7) is 14.6. The van der Waals surface area contributed by atoms with Gasteiger partial charge in [0.05, 0.1) is 0 Å². The van der Waals surface area contributed by atoms with Gasteiger partial charge >= 0.3 is 5.97 Å². The molecule has 0 aromatic heterocycles. The van der Waals surface area contributed by atoms with Gasteiger partial charge in [0.1, 0.15) is 11.9 Å². The second-order valence-corrected chi connectivity index (χ2v) is 9.93. The molecule has 0 spiro atoms. The van der Waals surface area contributed by atoms with E-state index < -0.39 is 12.0 Å². The zero-order valence-electron chi connectivity index (χ0n) is 22.4. The van der Waals surface area contributed by atoms with Crippen LogP contribution < -0.4 is 0 Å². The second kappa shape index (κ2) is 13.4. The minimum atomic E-state index is -0.913. The van der Waals surface area contributed by atoms with Gasteiger partial charge < -0.3 is 5.11 Å². The summed E-state index contributed by atoms with van der Waals surface area (Å²) < 4.78 is 14.6. The quantitative estimate of drug-likeness (QED) is 0.306. The number of aryl methyl sites for hydroxylation is 1. The molecule has 0 aliphatic rings. The van der Waals surface area contributed by atoms with Crippen molar-refractivity contribution >= 4 is 17.6 Å². The summed E-state index contributed by atoms with van der Waals surface area (Å²) in [4.78, 5) is 16.9. The average Bonchev–Trinajstić information content (AvgIpc) is 2.80. The van der Waals surface area contributed by atoms with Gasteiger partial charge in [-0.25, -0.2) is 4.39 Å². The monoisotopic (exact) mass is 504 g/mol. The second-order valence-electron chi connectivity index (χ2n) is 9.50. The molecule has 0 aliphatic carbocycles. The minimum absolute atomic E-state index is 0.118. The highest BCUT2D eigenvalue weighted by Gasteiger charge is 2.31. The lowest BCUT2D eigenvalue weighted by atomic mass is 9.83. The Bertz CT molecular complexity index is 969. The number of aliphatic carboxylic acids is 1. The first-order chi connectivity index (χ1) is 16.6. The Morgan fingerprint density at radius 3 is 2.20 bits per heavy atom. The van der Waals surface area contributed by atoms with Gasteiger partial charge in [-0.2, -0.15) is 0 Å². The van der Waals surface area contributed by atoms with Gasteiger partial charge in [-0.15, -0.1) is 0 Å². The Hall–Kier alpha value is -1.95. The van der Waals surface area contributed by atoms with Crippen LogP contribution in [0.5, 0.6) is 0 Å². The van der Waals surface area contributed by atoms with Gasteiger partial charge in [-0.3, -0.25) is 14.6 Å². The Kier molecular flexibility index (Phi) is 11.2. The third-order valence-electron chi connectivity index (χ3n) is 7.30. The van der Waals surface area contributed by atoms with E-state index in [2.05, 4.69) is 38.7 Å². The van der Waals surface area contributed by atoms with E-state index in [0.717, 1.165) is 49.0 Å². The van der Waals surface area contributed by atoms with Crippen molar-refractivity contribution in [1.29, 1.82) is 0 Å². The fraction of sp³-hybridized carbons (Fsp3) is 0.552. The number of benzene rings is 2. The molecule has 0 unspecified atom stereocenters. The molecule has 0 radical (unpaired) electrons. The Morgan fingerprint density at radius 2 is 1.69 bits per heavy atom. The predicted molar refractivity (Wildman–Crippen MR) is 144 cm³/mol. The molecular weight excluding hydrogens is 463 g/mol. The predicted octanol–water partition coefficient (Wildman–Crippen LogP) is 7.53. The molecule has 0 bridgehead atoms. The molecule has 2 aromatic rings. The molecule has 0 fully saturated rings. The highest BCUT2D eigenvalue weighted by molar-refractivity contribution is 6.30. The SMILES string of the molecule is CCC(CC)c1c([C@@H](C(=O)O)N(C)CC[C@@H](c2cc(C)cc(Cl)c2)N(CC)CC)ccc(F)c1C. The number of halogens is 2. The standard InChI is InChI=1S/C29H42ClFN2O2/c1-8-21(9-2)27-20(6)25(31)13-12-24(27)28(29(34)35)32(7)15-14-26(33(10-3)11-4)22-16-19(5)17-23(30)18-22/h12-13,16-18,21,26,28H,8-11,14-15H2,1-7H3,(H,34,35)/t26-,28-/m0/s1. The smallest absolute Gasteiger partial charge is 0.325 e. The fourth-order valence-corrected chi connectivity index (χ4v) is 5.69. The molecule has 2 rings (SSSR count). The van der Waals surface area contributed by atoms with Crippen LogP contribution in [-0.4, -0.2) is 47.6 Å². The number of carbonyl (C=O) groups is 1. The maximum Gasteiger partial charge on any atom is 0.325 e. The van der Waals surface area contributed by atoms with Crippen LogP contribution in [0.25, 0.3) is 0 Å². The molecule has 35 heavy (non-hydrogen) atoms. The van der Waals surface area contributed by atoms with Gasteiger partial charge in [0.25, 0.3) is 0 Å². The average molecular weight is 505 g/mol. The van der Waals surface area contributed by atoms with E-state index in [4.69, 9.17) is 11.6 Å². The number of likely N-dealkylation sites (N-methyl/N-ethyl adjacent to an activating group) is 1. The summed E-state index contributed by atoms with van der Waals surface area (Å²) in [6, 6.07) is 8.49. The lowest BCUT2D eigenvalue weighted by Gasteiger charge is -2.34. The fourth-order valence-electron chi connectivity index (χ4n) is 5.40. The van der Waals surface area contributed by atoms with E-state index in [1.807, 2.05) is 31.0 Å². The van der Waals surface area contributed by atoms with Crippen LogP contribution >= 0.6 is 11.6 Å². The molecule has 1 N–H and O–H groups in total. The van der Waals surface area contributed by atoms with Crippen LogP contribution in [0, 0.1) is 19.7 Å². The van der Waals surface area contributed by atoms with Crippen molar-refractivity contribution in [3.63, 3.8) is 0 Å². The summed E-state index contributed by atoms with van der Waals surface area (Å²) in [7, 11) is 1.86. The number of hydrogen-bond acceptors (Lipinski definition) is 3. The van der Waals surface area contributed by atoms with E-state index in [-0.39, 0.29) is 17.8 Å². The molecular formula is C29H42ClFN2O2. The van der Waals surface area contributed by atoms with Crippen LogP contribution in [0.1, 0.15) is 92.8 Å². The summed E-state index contributed by atoms with van der Waals surface area (Å²) in [5, 5.41) is 11.0. The number of carboxylic acids is 1. The molecule has 194 valence electrons. The van der Waals surface area contributed by atoms with Crippen LogP contribution in [0.15, 0.2) is 30.3 Å². The van der Waals surface area contributed by atoms with Crippen LogP contribution in [0.3, 0.4) is 0 Å². The zero-order chi connectivity index (χ0) is 26.3. The third-order valence-corrected chi connectivity index (χ3v) is 7.52. The first kappa shape index (κ1) is 29.3. The van der Waals surface area contributed by atoms with Crippen molar-refractivity contribution in [2.24, 2.45) is 0 Å². The lowest BCUT2D eigenvalue weighted by molar-refractivity contribution is -0.143. The molecule has 4 nitrogen and oxygen atoms in total. The zero-order valence-corrected chi connectivity index (χ0v) is 23.1. The topological polar surface area (TPSA) is 43.8 Å². The molecule has 0 heterocycles. The minimum Gasteiger partial charge on any atom is -0.480 e. The maximum atomic E-state index is 14.6. The van der Waals surface area contributed by atoms with Crippen molar-refractivity contribution in [3.8, 4) is 0 Å². The number of rotatable bonds is 13. The van der Waals surface area contributed by atoms with Gasteiger partial charge in [0.15, 0.2) is 0 Å². The molecule has 0 aliphatic heterocycles. The van der Waals surface area contributed by atoms with Crippen LogP contribution in [0.2, 0.25) is 5.02 Å². The molecule has 0 saturated heterocycles. The molecule has 0 saturated carbocycles. The van der Waals surface area contributed by atoms with Gasteiger partial charge in [0, 0.05) is 17.6 Å². The molecule has 2 aromatic carbocycles. The number of hydrogen-bond donors (Lipinski definition) is 1. The number of carboxylic acid groups (broad SMARTS) is 1. The van der Waals surface area contributed by atoms with Gasteiger partial charge in [-0.05, 0) is 105 Å². The van der Waals surface area contributed by atoms with Crippen molar-refractivity contribution in [2.75, 3.05) is 26.7 Å². The van der Waals surface area contributed by atoms with Crippen molar-refractivity contribution in [3.05, 3.63) is 69.0 Å². The van der Waals surface area contributed by atoms with Crippen molar-refractivity contribution in [1.82, 2.24) is 9.80 Å². The Labute approximate surface area is 216 Å². The van der Waals surface area contributed by atoms with E-state index >= 15 is 0 Å². The first-order valence-electron chi connectivity index (χ1n) is 12.8. The van der Waals surface area contributed by atoms with E-state index in [1.165, 1.54) is 6.07 Å². The molecule has 0 amide bonds. The lowest BCUT2D eigenvalue weighted by Crippen LogP contribution is -2.36. The van der Waals surface area contributed by atoms with Crippen LogP contribution in [-0.2, 0) is 4.79 Å². The first-order valence-corrected chi connectivity index (χ1v) is 13.2. The molecule has 6 heteroatoms. The highest BCUT2D eigenvalue weighted by Crippen LogP contribution is 2.36. The summed E-state index contributed by atoms with van der Waals surface area (Å²) >= 11 is 6.38. The molecule has 2 atom stereocenters.